The van der Waals surface area contributed by atoms with Crippen molar-refractivity contribution in [2.75, 3.05) is 13.2 Å². The van der Waals surface area contributed by atoms with Crippen LogP contribution in [0.5, 0.6) is 0 Å². The van der Waals surface area contributed by atoms with Crippen LogP contribution in [0.15, 0.2) is 72.9 Å². The van der Waals surface area contributed by atoms with E-state index in [2.05, 4.69) is 93.7 Å². The Morgan fingerprint density at radius 3 is 0.803 bits per heavy atom. The maximum Gasteiger partial charge on any atom is 0.306 e. The number of ether oxygens (including phenoxy) is 3. The Balaban J connectivity index is 4.07. The molecule has 0 aromatic rings. The zero-order valence-corrected chi connectivity index (χ0v) is 50.5. The number of hydrogen-bond donors (Lipinski definition) is 0. The van der Waals surface area contributed by atoms with E-state index in [1.54, 1.807) is 0 Å². The van der Waals surface area contributed by atoms with Gasteiger partial charge < -0.3 is 14.2 Å². The number of rotatable bonds is 60. The number of hydrogen-bond acceptors (Lipinski definition) is 6. The average molecular weight is 1060 g/mol. The van der Waals surface area contributed by atoms with Gasteiger partial charge in [0.15, 0.2) is 6.10 Å². The molecule has 1 unspecified atom stereocenters. The molecule has 0 fully saturated rings. The normalized spacial score (nSPS) is 12.5. The lowest BCUT2D eigenvalue weighted by Crippen LogP contribution is -2.30. The van der Waals surface area contributed by atoms with Gasteiger partial charge in [0.25, 0.3) is 0 Å². The molecule has 440 valence electrons. The van der Waals surface area contributed by atoms with Crippen LogP contribution in [0.1, 0.15) is 335 Å². The van der Waals surface area contributed by atoms with Gasteiger partial charge in [-0.15, -0.1) is 0 Å². The van der Waals surface area contributed by atoms with Gasteiger partial charge in [-0.1, -0.05) is 318 Å². The molecule has 0 N–H and O–H groups in total. The van der Waals surface area contributed by atoms with Gasteiger partial charge in [0.05, 0.1) is 0 Å². The third kappa shape index (κ3) is 61.7. The number of esters is 3. The van der Waals surface area contributed by atoms with Crippen molar-refractivity contribution in [1.29, 1.82) is 0 Å². The Bertz CT molecular complexity index is 1400. The van der Waals surface area contributed by atoms with Crippen LogP contribution in [-0.4, -0.2) is 37.2 Å². The Labute approximate surface area is 472 Å². The molecule has 0 aliphatic heterocycles. The summed E-state index contributed by atoms with van der Waals surface area (Å²) in [5, 5.41) is 0. The molecular weight excluding hydrogens is 937 g/mol. The molecule has 0 aliphatic carbocycles. The van der Waals surface area contributed by atoms with Gasteiger partial charge in [-0.05, 0) is 70.6 Å². The maximum atomic E-state index is 12.9. The molecule has 0 saturated heterocycles. The highest BCUT2D eigenvalue weighted by Crippen LogP contribution is 2.18. The maximum absolute atomic E-state index is 12.9. The van der Waals surface area contributed by atoms with E-state index < -0.39 is 6.10 Å². The van der Waals surface area contributed by atoms with Crippen molar-refractivity contribution in [3.8, 4) is 0 Å². The molecule has 0 radical (unpaired) electrons. The highest BCUT2D eigenvalue weighted by molar-refractivity contribution is 5.71. The minimum absolute atomic E-state index is 0.0748. The third-order valence-electron chi connectivity index (χ3n) is 14.5. The first-order chi connectivity index (χ1) is 37.5. The van der Waals surface area contributed by atoms with E-state index in [1.165, 1.54) is 193 Å². The van der Waals surface area contributed by atoms with Crippen molar-refractivity contribution in [3.05, 3.63) is 72.9 Å². The molecule has 6 heteroatoms. The molecule has 0 aromatic heterocycles. The summed E-state index contributed by atoms with van der Waals surface area (Å²) in [6.45, 7) is 6.50. The highest BCUT2D eigenvalue weighted by atomic mass is 16.6. The van der Waals surface area contributed by atoms with Crippen LogP contribution in [0, 0.1) is 0 Å². The van der Waals surface area contributed by atoms with Crippen molar-refractivity contribution in [1.82, 2.24) is 0 Å². The monoisotopic (exact) mass is 1060 g/mol. The zero-order valence-electron chi connectivity index (χ0n) is 50.5. The molecule has 0 rings (SSSR count). The summed E-state index contributed by atoms with van der Waals surface area (Å²) < 4.78 is 16.8. The van der Waals surface area contributed by atoms with Crippen LogP contribution in [-0.2, 0) is 28.6 Å². The van der Waals surface area contributed by atoms with Crippen molar-refractivity contribution in [2.24, 2.45) is 0 Å². The first-order valence-electron chi connectivity index (χ1n) is 32.9. The molecule has 6 nitrogen and oxygen atoms in total. The smallest absolute Gasteiger partial charge is 0.306 e. The van der Waals surface area contributed by atoms with Gasteiger partial charge in [-0.3, -0.25) is 14.4 Å². The lowest BCUT2D eigenvalue weighted by molar-refractivity contribution is -0.167. The van der Waals surface area contributed by atoms with Crippen LogP contribution in [0.25, 0.3) is 0 Å². The standard InChI is InChI=1S/C70H124O6/c1-4-7-10-13-16-18-20-22-24-26-28-30-32-34-35-37-38-40-42-44-46-48-50-52-54-57-60-63-69(72)75-66-67(65-74-68(71)62-59-56-15-12-9-6-3)76-70(73)64-61-58-55-53-51-49-47-45-43-41-39-36-33-31-29-27-25-23-21-19-17-14-11-8-5-2/h7,10,16,18,22,24,28,30,34-35,38,40,67H,4-6,8-9,11-15,17,19-21,23,25-27,29,31-33,36-37,39,41-66H2,1-3H3/b10-7-,18-16-,24-22-,30-28-,35-34-,40-38-. The van der Waals surface area contributed by atoms with Gasteiger partial charge in [0.2, 0.25) is 0 Å². The predicted octanol–water partition coefficient (Wildman–Crippen LogP) is 22.5. The Morgan fingerprint density at radius 1 is 0.276 bits per heavy atom. The summed E-state index contributed by atoms with van der Waals surface area (Å²) in [7, 11) is 0. The van der Waals surface area contributed by atoms with Crippen LogP contribution in [0.3, 0.4) is 0 Å². The van der Waals surface area contributed by atoms with Crippen LogP contribution in [0.4, 0.5) is 0 Å². The fourth-order valence-corrected chi connectivity index (χ4v) is 9.57. The van der Waals surface area contributed by atoms with Gasteiger partial charge in [-0.25, -0.2) is 0 Å². The number of allylic oxidation sites excluding steroid dienone is 12. The first kappa shape index (κ1) is 72.8. The average Bonchev–Trinajstić information content (AvgIpc) is 3.42. The molecule has 0 heterocycles. The summed E-state index contributed by atoms with van der Waals surface area (Å²) in [6, 6.07) is 0. The largest absolute Gasteiger partial charge is 0.462 e. The van der Waals surface area contributed by atoms with Gasteiger partial charge >= 0.3 is 17.9 Å². The Kier molecular flexibility index (Phi) is 61.7. The lowest BCUT2D eigenvalue weighted by atomic mass is 10.0. The lowest BCUT2D eigenvalue weighted by Gasteiger charge is -2.18. The molecule has 0 amide bonds. The van der Waals surface area contributed by atoms with E-state index in [0.717, 1.165) is 103 Å². The fourth-order valence-electron chi connectivity index (χ4n) is 9.57. The highest BCUT2D eigenvalue weighted by Gasteiger charge is 2.19. The molecule has 0 spiro atoms. The van der Waals surface area contributed by atoms with Crippen LogP contribution < -0.4 is 0 Å². The van der Waals surface area contributed by atoms with E-state index in [1.807, 2.05) is 0 Å². The molecule has 1 atom stereocenters. The van der Waals surface area contributed by atoms with E-state index in [0.29, 0.717) is 19.3 Å². The summed E-state index contributed by atoms with van der Waals surface area (Å²) in [6.07, 6.45) is 83.8. The first-order valence-corrected chi connectivity index (χ1v) is 32.9. The summed E-state index contributed by atoms with van der Waals surface area (Å²) in [4.78, 5) is 38.0. The fraction of sp³-hybridized carbons (Fsp3) is 0.786. The molecule has 0 bridgehead atoms. The molecule has 0 saturated carbocycles. The van der Waals surface area contributed by atoms with E-state index >= 15 is 0 Å². The van der Waals surface area contributed by atoms with E-state index in [9.17, 15) is 14.4 Å². The van der Waals surface area contributed by atoms with Crippen LogP contribution >= 0.6 is 0 Å². The number of carbonyl (C=O) groups excluding carboxylic acids is 3. The molecule has 0 aromatic carbocycles. The Hall–Kier alpha value is -3.15. The summed E-state index contributed by atoms with van der Waals surface area (Å²) in [5.74, 6) is -0.877. The topological polar surface area (TPSA) is 78.9 Å². The molecular formula is C70H124O6. The van der Waals surface area contributed by atoms with Crippen molar-refractivity contribution < 1.29 is 28.6 Å². The van der Waals surface area contributed by atoms with Gasteiger partial charge in [0, 0.05) is 19.3 Å². The second-order valence-corrected chi connectivity index (χ2v) is 22.0. The molecule has 0 aliphatic rings. The second-order valence-electron chi connectivity index (χ2n) is 22.0. The molecule has 76 heavy (non-hydrogen) atoms. The van der Waals surface area contributed by atoms with Crippen molar-refractivity contribution >= 4 is 17.9 Å². The van der Waals surface area contributed by atoms with Gasteiger partial charge in [0.1, 0.15) is 13.2 Å². The predicted molar refractivity (Wildman–Crippen MR) is 330 cm³/mol. The van der Waals surface area contributed by atoms with E-state index in [4.69, 9.17) is 14.2 Å². The SMILES string of the molecule is CC/C=C\C/C=C\C/C=C\C/C=C\C/C=C\C/C=C\CCCCCCCCCCC(=O)OCC(COC(=O)CCCCCCCC)OC(=O)CCCCCCCCCCCCCCCCCCCCCCCCCCC. The zero-order chi connectivity index (χ0) is 55.0. The summed E-state index contributed by atoms with van der Waals surface area (Å²) in [5.41, 5.74) is 0. The minimum Gasteiger partial charge on any atom is -0.462 e. The third-order valence-corrected chi connectivity index (χ3v) is 14.5. The van der Waals surface area contributed by atoms with E-state index in [-0.39, 0.29) is 31.1 Å². The van der Waals surface area contributed by atoms with Crippen molar-refractivity contribution in [3.63, 3.8) is 0 Å². The summed E-state index contributed by atoms with van der Waals surface area (Å²) >= 11 is 0. The number of unbranched alkanes of at least 4 members (excludes halogenated alkanes) is 37. The quantitative estimate of drug-likeness (QED) is 0.0261. The van der Waals surface area contributed by atoms with Crippen molar-refractivity contribution in [2.45, 2.75) is 341 Å². The Morgan fingerprint density at radius 2 is 0.513 bits per heavy atom. The van der Waals surface area contributed by atoms with Crippen LogP contribution in [0.2, 0.25) is 0 Å². The second kappa shape index (κ2) is 64.4. The minimum atomic E-state index is -0.774. The van der Waals surface area contributed by atoms with Gasteiger partial charge in [-0.2, -0.15) is 0 Å². The number of carbonyl (C=O) groups is 3.